The third kappa shape index (κ3) is 3.41. The van der Waals surface area contributed by atoms with Gasteiger partial charge in [-0.05, 0) is 45.9 Å². The Morgan fingerprint density at radius 3 is 2.52 bits per heavy atom. The molecule has 0 aliphatic carbocycles. The SMILES string of the molecule is Cc1nnc2n1-c1ccc(C#CC(C)(C)C)cc1C(c1ccccc1)=NC2. The molecule has 134 valence electrons. The van der Waals surface area contributed by atoms with Gasteiger partial charge in [-0.1, -0.05) is 42.2 Å². The van der Waals surface area contributed by atoms with Gasteiger partial charge in [0.25, 0.3) is 0 Å². The number of nitrogens with zero attached hydrogens (tertiary/aromatic N) is 4. The van der Waals surface area contributed by atoms with E-state index in [4.69, 9.17) is 4.99 Å². The second-order valence-electron chi connectivity index (χ2n) is 7.76. The number of aromatic nitrogens is 3. The molecule has 0 spiro atoms. The molecule has 1 aliphatic heterocycles. The van der Waals surface area contributed by atoms with Crippen LogP contribution >= 0.6 is 0 Å². The van der Waals surface area contributed by atoms with E-state index in [0.29, 0.717) is 6.54 Å². The second kappa shape index (κ2) is 6.51. The van der Waals surface area contributed by atoms with Gasteiger partial charge in [0.1, 0.15) is 12.4 Å². The van der Waals surface area contributed by atoms with Crippen LogP contribution in [-0.4, -0.2) is 20.5 Å². The first kappa shape index (κ1) is 17.2. The molecule has 2 aromatic carbocycles. The maximum absolute atomic E-state index is 4.88. The van der Waals surface area contributed by atoms with Crippen molar-refractivity contribution < 1.29 is 0 Å². The Balaban J connectivity index is 1.94. The fourth-order valence-electron chi connectivity index (χ4n) is 3.16. The van der Waals surface area contributed by atoms with Gasteiger partial charge in [-0.25, -0.2) is 0 Å². The fourth-order valence-corrected chi connectivity index (χ4v) is 3.16. The molecular formula is C23H22N4. The molecule has 0 unspecified atom stereocenters. The van der Waals surface area contributed by atoms with E-state index in [1.54, 1.807) is 0 Å². The smallest absolute Gasteiger partial charge is 0.159 e. The van der Waals surface area contributed by atoms with Crippen LogP contribution in [-0.2, 0) is 6.54 Å². The lowest BCUT2D eigenvalue weighted by Gasteiger charge is -2.13. The van der Waals surface area contributed by atoms with Crippen LogP contribution in [0.25, 0.3) is 5.69 Å². The molecule has 1 aliphatic rings. The van der Waals surface area contributed by atoms with Crippen molar-refractivity contribution in [1.82, 2.24) is 14.8 Å². The molecule has 27 heavy (non-hydrogen) atoms. The van der Waals surface area contributed by atoms with E-state index in [1.165, 1.54) is 0 Å². The summed E-state index contributed by atoms with van der Waals surface area (Å²) < 4.78 is 2.09. The second-order valence-corrected chi connectivity index (χ2v) is 7.76. The summed E-state index contributed by atoms with van der Waals surface area (Å²) >= 11 is 0. The van der Waals surface area contributed by atoms with Gasteiger partial charge in [0.2, 0.25) is 0 Å². The van der Waals surface area contributed by atoms with Crippen molar-refractivity contribution in [1.29, 1.82) is 0 Å². The van der Waals surface area contributed by atoms with Gasteiger partial charge < -0.3 is 0 Å². The Bertz CT molecular complexity index is 1090. The highest BCUT2D eigenvalue weighted by Crippen LogP contribution is 2.26. The van der Waals surface area contributed by atoms with Gasteiger partial charge in [-0.15, -0.1) is 10.2 Å². The summed E-state index contributed by atoms with van der Waals surface area (Å²) in [6, 6.07) is 16.6. The molecule has 4 rings (SSSR count). The number of benzene rings is 2. The van der Waals surface area contributed by atoms with Crippen molar-refractivity contribution in [2.24, 2.45) is 10.4 Å². The lowest BCUT2D eigenvalue weighted by molar-refractivity contribution is 0.571. The minimum Gasteiger partial charge on any atom is -0.281 e. The average molecular weight is 354 g/mol. The molecule has 0 radical (unpaired) electrons. The lowest BCUT2D eigenvalue weighted by Crippen LogP contribution is -2.09. The number of hydrogen-bond acceptors (Lipinski definition) is 3. The number of fused-ring (bicyclic) bond motifs is 3. The normalized spacial score (nSPS) is 13.0. The van der Waals surface area contributed by atoms with Crippen LogP contribution in [0.4, 0.5) is 0 Å². The standard InChI is InChI=1S/C23H22N4/c1-16-25-26-21-15-24-22(18-8-6-5-7-9-18)19-14-17(12-13-23(2,3)4)10-11-20(19)27(16)21/h5-11,14H,15H2,1-4H3. The van der Waals surface area contributed by atoms with Crippen molar-refractivity contribution in [3.05, 3.63) is 76.9 Å². The average Bonchev–Trinajstić information content (AvgIpc) is 2.92. The zero-order valence-corrected chi connectivity index (χ0v) is 16.1. The largest absolute Gasteiger partial charge is 0.281 e. The van der Waals surface area contributed by atoms with Crippen LogP contribution in [0.2, 0.25) is 0 Å². The fraction of sp³-hybridized carbons (Fsp3) is 0.261. The first-order chi connectivity index (χ1) is 12.9. The molecule has 0 amide bonds. The van der Waals surface area contributed by atoms with E-state index in [1.807, 2.05) is 25.1 Å². The zero-order valence-electron chi connectivity index (χ0n) is 16.1. The van der Waals surface area contributed by atoms with Crippen LogP contribution < -0.4 is 0 Å². The van der Waals surface area contributed by atoms with Gasteiger partial charge in [0.05, 0.1) is 11.4 Å². The molecule has 4 nitrogen and oxygen atoms in total. The number of aliphatic imine (C=N–C) groups is 1. The number of aryl methyl sites for hydroxylation is 1. The highest BCUT2D eigenvalue weighted by atomic mass is 15.3. The summed E-state index contributed by atoms with van der Waals surface area (Å²) in [5.41, 5.74) is 5.12. The molecule has 0 saturated heterocycles. The quantitative estimate of drug-likeness (QED) is 0.611. The highest BCUT2D eigenvalue weighted by molar-refractivity contribution is 6.15. The molecule has 0 saturated carbocycles. The van der Waals surface area contributed by atoms with Gasteiger partial charge in [0.15, 0.2) is 5.82 Å². The monoisotopic (exact) mass is 354 g/mol. The summed E-state index contributed by atoms with van der Waals surface area (Å²) in [6.45, 7) is 8.83. The Kier molecular flexibility index (Phi) is 4.16. The van der Waals surface area contributed by atoms with E-state index in [0.717, 1.165) is 39.7 Å². The topological polar surface area (TPSA) is 43.1 Å². The Morgan fingerprint density at radius 1 is 1.00 bits per heavy atom. The van der Waals surface area contributed by atoms with Crippen molar-refractivity contribution >= 4 is 5.71 Å². The van der Waals surface area contributed by atoms with Gasteiger partial charge >= 0.3 is 0 Å². The van der Waals surface area contributed by atoms with Crippen molar-refractivity contribution in [2.75, 3.05) is 0 Å². The zero-order chi connectivity index (χ0) is 19.0. The molecule has 2 heterocycles. The van der Waals surface area contributed by atoms with Crippen molar-refractivity contribution in [2.45, 2.75) is 34.2 Å². The Hall–Kier alpha value is -3.19. The molecule has 0 N–H and O–H groups in total. The van der Waals surface area contributed by atoms with Gasteiger partial charge in [-0.2, -0.15) is 0 Å². The number of rotatable bonds is 1. The minimum atomic E-state index is -0.0405. The van der Waals surface area contributed by atoms with Crippen molar-refractivity contribution in [3.63, 3.8) is 0 Å². The molecule has 4 heteroatoms. The summed E-state index contributed by atoms with van der Waals surface area (Å²) in [5, 5.41) is 8.56. The Morgan fingerprint density at radius 2 is 1.78 bits per heavy atom. The third-order valence-corrected chi connectivity index (χ3v) is 4.39. The third-order valence-electron chi connectivity index (χ3n) is 4.39. The molecule has 1 aromatic heterocycles. The lowest BCUT2D eigenvalue weighted by atomic mass is 9.95. The van der Waals surface area contributed by atoms with Gasteiger partial charge in [-0.3, -0.25) is 9.56 Å². The van der Waals surface area contributed by atoms with Crippen LogP contribution in [0, 0.1) is 24.2 Å². The number of hydrogen-bond donors (Lipinski definition) is 0. The summed E-state index contributed by atoms with van der Waals surface area (Å²) in [7, 11) is 0. The maximum atomic E-state index is 4.88. The first-order valence-electron chi connectivity index (χ1n) is 9.11. The maximum Gasteiger partial charge on any atom is 0.159 e. The van der Waals surface area contributed by atoms with Gasteiger partial charge in [0, 0.05) is 22.1 Å². The van der Waals surface area contributed by atoms with Crippen LogP contribution in [0.1, 0.15) is 49.1 Å². The Labute approximate surface area is 160 Å². The highest BCUT2D eigenvalue weighted by Gasteiger charge is 2.21. The van der Waals surface area contributed by atoms with E-state index < -0.39 is 0 Å². The predicted octanol–water partition coefficient (Wildman–Crippen LogP) is 4.32. The van der Waals surface area contributed by atoms with E-state index in [9.17, 15) is 0 Å². The molecular weight excluding hydrogens is 332 g/mol. The summed E-state index contributed by atoms with van der Waals surface area (Å²) in [5.74, 6) is 8.35. The summed E-state index contributed by atoms with van der Waals surface area (Å²) in [6.07, 6.45) is 0. The molecule has 3 aromatic rings. The van der Waals surface area contributed by atoms with Crippen LogP contribution in [0.15, 0.2) is 53.5 Å². The van der Waals surface area contributed by atoms with E-state index in [-0.39, 0.29) is 5.41 Å². The predicted molar refractivity (Wildman–Crippen MR) is 108 cm³/mol. The molecule has 0 fully saturated rings. The minimum absolute atomic E-state index is 0.0405. The molecule has 0 bridgehead atoms. The van der Waals surface area contributed by atoms with Crippen LogP contribution in [0.3, 0.4) is 0 Å². The van der Waals surface area contributed by atoms with E-state index >= 15 is 0 Å². The molecule has 0 atom stereocenters. The van der Waals surface area contributed by atoms with Crippen molar-refractivity contribution in [3.8, 4) is 17.5 Å². The first-order valence-corrected chi connectivity index (χ1v) is 9.11. The summed E-state index contributed by atoms with van der Waals surface area (Å²) in [4.78, 5) is 4.88. The van der Waals surface area contributed by atoms with E-state index in [2.05, 4.69) is 77.7 Å². The van der Waals surface area contributed by atoms with Crippen LogP contribution in [0.5, 0.6) is 0 Å².